The molecule has 4 heteroatoms. The van der Waals surface area contributed by atoms with Gasteiger partial charge in [0.15, 0.2) is 0 Å². The van der Waals surface area contributed by atoms with Crippen LogP contribution in [0.4, 0.5) is 0 Å². The lowest BCUT2D eigenvalue weighted by Gasteiger charge is -2.37. The summed E-state index contributed by atoms with van der Waals surface area (Å²) in [6.45, 7) is 9.53. The van der Waals surface area contributed by atoms with Crippen molar-refractivity contribution in [2.24, 2.45) is 5.41 Å². The Morgan fingerprint density at radius 3 is 2.37 bits per heavy atom. The van der Waals surface area contributed by atoms with E-state index in [1.165, 1.54) is 32.1 Å². The van der Waals surface area contributed by atoms with Crippen LogP contribution in [0.25, 0.3) is 0 Å². The van der Waals surface area contributed by atoms with Gasteiger partial charge in [-0.15, -0.1) is 12.4 Å². The predicted octanol–water partition coefficient (Wildman–Crippen LogP) is 2.98. The van der Waals surface area contributed by atoms with Crippen LogP contribution in [0.15, 0.2) is 0 Å². The van der Waals surface area contributed by atoms with Gasteiger partial charge in [-0.25, -0.2) is 0 Å². The molecule has 1 amide bonds. The summed E-state index contributed by atoms with van der Waals surface area (Å²) in [5, 5.41) is 3.44. The SMILES string of the molecule is CCC1(CC)CCN(C(=O)C2(C)CCCCN2)C1.Cl. The Morgan fingerprint density at radius 2 is 1.89 bits per heavy atom. The molecule has 2 rings (SSSR count). The highest BCUT2D eigenvalue weighted by Crippen LogP contribution is 2.38. The molecule has 0 aromatic rings. The van der Waals surface area contributed by atoms with E-state index >= 15 is 0 Å². The van der Waals surface area contributed by atoms with Crippen LogP contribution in [0.1, 0.15) is 59.3 Å². The Balaban J connectivity index is 0.00000180. The molecule has 0 radical (unpaired) electrons. The van der Waals surface area contributed by atoms with Crippen molar-refractivity contribution in [3.8, 4) is 0 Å². The van der Waals surface area contributed by atoms with Crippen molar-refractivity contribution in [3.05, 3.63) is 0 Å². The molecule has 1 unspecified atom stereocenters. The maximum Gasteiger partial charge on any atom is 0.242 e. The Morgan fingerprint density at radius 1 is 1.21 bits per heavy atom. The highest BCUT2D eigenvalue weighted by Gasteiger charge is 2.43. The summed E-state index contributed by atoms with van der Waals surface area (Å²) in [5.41, 5.74) is 0.0937. The second kappa shape index (κ2) is 6.45. The topological polar surface area (TPSA) is 32.3 Å². The second-order valence-electron chi connectivity index (χ2n) is 6.40. The number of hydrogen-bond acceptors (Lipinski definition) is 2. The summed E-state index contributed by atoms with van der Waals surface area (Å²) in [6.07, 6.45) is 6.94. The number of rotatable bonds is 3. The Kier molecular flexibility index (Phi) is 5.69. The van der Waals surface area contributed by atoms with Crippen molar-refractivity contribution < 1.29 is 4.79 Å². The molecule has 1 atom stereocenters. The fourth-order valence-corrected chi connectivity index (χ4v) is 3.52. The van der Waals surface area contributed by atoms with Crippen molar-refractivity contribution in [1.29, 1.82) is 0 Å². The number of nitrogens with one attached hydrogen (secondary N) is 1. The number of carbonyl (C=O) groups is 1. The van der Waals surface area contributed by atoms with Crippen LogP contribution in [0.2, 0.25) is 0 Å². The molecule has 1 N–H and O–H groups in total. The van der Waals surface area contributed by atoms with Gasteiger partial charge in [-0.3, -0.25) is 4.79 Å². The minimum absolute atomic E-state index is 0. The molecule has 2 saturated heterocycles. The van der Waals surface area contributed by atoms with E-state index in [4.69, 9.17) is 0 Å². The van der Waals surface area contributed by atoms with Gasteiger partial charge in [-0.2, -0.15) is 0 Å². The first-order chi connectivity index (χ1) is 8.55. The molecule has 2 fully saturated rings. The van der Waals surface area contributed by atoms with Gasteiger partial charge < -0.3 is 10.2 Å². The third-order valence-electron chi connectivity index (χ3n) is 5.32. The molecule has 0 aliphatic carbocycles. The summed E-state index contributed by atoms with van der Waals surface area (Å²) < 4.78 is 0. The van der Waals surface area contributed by atoms with Crippen molar-refractivity contribution >= 4 is 18.3 Å². The number of nitrogens with zero attached hydrogens (tertiary/aromatic N) is 1. The first-order valence-electron chi connectivity index (χ1n) is 7.60. The Bertz CT molecular complexity index is 309. The van der Waals surface area contributed by atoms with Crippen molar-refractivity contribution in [2.75, 3.05) is 19.6 Å². The number of amides is 1. The lowest BCUT2D eigenvalue weighted by Crippen LogP contribution is -2.57. The van der Waals surface area contributed by atoms with Crippen LogP contribution in [-0.2, 0) is 4.79 Å². The van der Waals surface area contributed by atoms with Crippen LogP contribution in [0.5, 0.6) is 0 Å². The van der Waals surface area contributed by atoms with Crippen LogP contribution in [-0.4, -0.2) is 36.0 Å². The molecule has 0 aromatic heterocycles. The summed E-state index contributed by atoms with van der Waals surface area (Å²) in [7, 11) is 0. The van der Waals surface area contributed by atoms with Gasteiger partial charge in [-0.1, -0.05) is 13.8 Å². The van der Waals surface area contributed by atoms with Gasteiger partial charge in [0.1, 0.15) is 0 Å². The minimum Gasteiger partial charge on any atom is -0.341 e. The van der Waals surface area contributed by atoms with Crippen LogP contribution >= 0.6 is 12.4 Å². The normalized spacial score (nSPS) is 29.9. The van der Waals surface area contributed by atoms with Gasteiger partial charge in [0.05, 0.1) is 5.54 Å². The largest absolute Gasteiger partial charge is 0.341 e. The van der Waals surface area contributed by atoms with Crippen molar-refractivity contribution in [3.63, 3.8) is 0 Å². The van der Waals surface area contributed by atoms with Crippen LogP contribution in [0, 0.1) is 5.41 Å². The Hall–Kier alpha value is -0.280. The van der Waals surface area contributed by atoms with E-state index in [1.807, 2.05) is 0 Å². The molecule has 0 bridgehead atoms. The zero-order valence-corrected chi connectivity index (χ0v) is 13.4. The van der Waals surface area contributed by atoms with Crippen LogP contribution in [0.3, 0.4) is 0 Å². The van der Waals surface area contributed by atoms with Crippen molar-refractivity contribution in [2.45, 2.75) is 64.8 Å². The molecule has 0 spiro atoms. The number of likely N-dealkylation sites (tertiary alicyclic amines) is 1. The average molecular weight is 289 g/mol. The highest BCUT2D eigenvalue weighted by atomic mass is 35.5. The quantitative estimate of drug-likeness (QED) is 0.866. The van der Waals surface area contributed by atoms with E-state index in [0.717, 1.165) is 26.1 Å². The lowest BCUT2D eigenvalue weighted by atomic mass is 9.82. The molecule has 2 heterocycles. The predicted molar refractivity (Wildman–Crippen MR) is 81.7 cm³/mol. The first kappa shape index (κ1) is 16.8. The van der Waals surface area contributed by atoms with E-state index in [0.29, 0.717) is 11.3 Å². The molecule has 0 aromatic carbocycles. The summed E-state index contributed by atoms with van der Waals surface area (Å²) in [5.74, 6) is 0.339. The van der Waals surface area contributed by atoms with Crippen LogP contribution < -0.4 is 5.32 Å². The van der Waals surface area contributed by atoms with Gasteiger partial charge in [0, 0.05) is 13.1 Å². The van der Waals surface area contributed by atoms with Crippen molar-refractivity contribution in [1.82, 2.24) is 10.2 Å². The first-order valence-corrected chi connectivity index (χ1v) is 7.60. The molecule has 19 heavy (non-hydrogen) atoms. The molecular weight excluding hydrogens is 260 g/mol. The molecule has 112 valence electrons. The molecular formula is C15H29ClN2O. The third-order valence-corrected chi connectivity index (χ3v) is 5.32. The standard InChI is InChI=1S/C15H28N2O.ClH/c1-4-15(5-2)9-11-17(12-15)13(18)14(3)8-6-7-10-16-14;/h16H,4-12H2,1-3H3;1H. The van der Waals surface area contributed by atoms with E-state index < -0.39 is 0 Å². The van der Waals surface area contributed by atoms with Gasteiger partial charge in [-0.05, 0) is 57.4 Å². The zero-order valence-electron chi connectivity index (χ0n) is 12.6. The highest BCUT2D eigenvalue weighted by molar-refractivity contribution is 5.86. The van der Waals surface area contributed by atoms with Gasteiger partial charge >= 0.3 is 0 Å². The Labute approximate surface area is 123 Å². The fourth-order valence-electron chi connectivity index (χ4n) is 3.52. The average Bonchev–Trinajstić information content (AvgIpc) is 2.84. The zero-order chi connectivity index (χ0) is 13.2. The van der Waals surface area contributed by atoms with E-state index in [1.54, 1.807) is 0 Å². The van der Waals surface area contributed by atoms with Gasteiger partial charge in [0.2, 0.25) is 5.91 Å². The summed E-state index contributed by atoms with van der Waals surface area (Å²) >= 11 is 0. The molecule has 3 nitrogen and oxygen atoms in total. The number of piperidine rings is 1. The minimum atomic E-state index is -0.296. The summed E-state index contributed by atoms with van der Waals surface area (Å²) in [6, 6.07) is 0. The molecule has 2 aliphatic heterocycles. The number of halogens is 1. The number of carbonyl (C=O) groups excluding carboxylic acids is 1. The van der Waals surface area contributed by atoms with E-state index in [9.17, 15) is 4.79 Å². The fraction of sp³-hybridized carbons (Fsp3) is 0.933. The lowest BCUT2D eigenvalue weighted by molar-refractivity contribution is -0.138. The second-order valence-corrected chi connectivity index (χ2v) is 6.40. The molecule has 0 saturated carbocycles. The van der Waals surface area contributed by atoms with Gasteiger partial charge in [0.25, 0.3) is 0 Å². The number of hydrogen-bond donors (Lipinski definition) is 1. The van der Waals surface area contributed by atoms with E-state index in [2.05, 4.69) is 31.0 Å². The maximum atomic E-state index is 12.7. The maximum absolute atomic E-state index is 12.7. The summed E-state index contributed by atoms with van der Waals surface area (Å²) in [4.78, 5) is 14.8. The third kappa shape index (κ3) is 3.25. The monoisotopic (exact) mass is 288 g/mol. The molecule has 2 aliphatic rings. The smallest absolute Gasteiger partial charge is 0.242 e. The van der Waals surface area contributed by atoms with E-state index in [-0.39, 0.29) is 17.9 Å².